The van der Waals surface area contributed by atoms with Crippen LogP contribution in [0.25, 0.3) is 0 Å². The number of alkyl halides is 1. The summed E-state index contributed by atoms with van der Waals surface area (Å²) >= 11 is 5.61. The van der Waals surface area contributed by atoms with E-state index in [1.165, 1.54) is 16.7 Å². The van der Waals surface area contributed by atoms with Crippen molar-refractivity contribution in [2.75, 3.05) is 32.1 Å². The number of halogens is 1. The fourth-order valence-corrected chi connectivity index (χ4v) is 3.00. The van der Waals surface area contributed by atoms with Gasteiger partial charge in [-0.15, -0.1) is 11.6 Å². The van der Waals surface area contributed by atoms with Gasteiger partial charge in [-0.1, -0.05) is 12.1 Å². The van der Waals surface area contributed by atoms with Crippen molar-refractivity contribution in [1.82, 2.24) is 4.90 Å². The second-order valence-electron chi connectivity index (χ2n) is 5.74. The van der Waals surface area contributed by atoms with Crippen molar-refractivity contribution in [2.45, 2.75) is 26.8 Å². The minimum Gasteiger partial charge on any atom is -0.330 e. The number of rotatable bonds is 3. The molecule has 2 rings (SSSR count). The van der Waals surface area contributed by atoms with E-state index in [2.05, 4.69) is 39.0 Å². The first-order chi connectivity index (χ1) is 9.52. The van der Waals surface area contributed by atoms with Crippen LogP contribution in [0.2, 0.25) is 0 Å². The number of quaternary nitrogens is 1. The zero-order valence-electron chi connectivity index (χ0n) is 12.6. The van der Waals surface area contributed by atoms with Crippen LogP contribution in [0, 0.1) is 13.8 Å². The van der Waals surface area contributed by atoms with Gasteiger partial charge in [-0.3, -0.25) is 4.79 Å². The molecule has 0 saturated carbocycles. The minimum absolute atomic E-state index is 0.0598. The van der Waals surface area contributed by atoms with Crippen molar-refractivity contribution in [3.05, 3.63) is 34.9 Å². The lowest BCUT2D eigenvalue weighted by atomic mass is 10.0. The monoisotopic (exact) mass is 295 g/mol. The van der Waals surface area contributed by atoms with Crippen LogP contribution < -0.4 is 4.90 Å². The highest BCUT2D eigenvalue weighted by Crippen LogP contribution is 2.15. The van der Waals surface area contributed by atoms with Crippen molar-refractivity contribution in [2.24, 2.45) is 0 Å². The summed E-state index contributed by atoms with van der Waals surface area (Å²) in [6.07, 6.45) is 0. The van der Waals surface area contributed by atoms with Gasteiger partial charge in [0.25, 0.3) is 0 Å². The molecule has 1 aromatic carbocycles. The summed E-state index contributed by atoms with van der Waals surface area (Å²) in [5, 5.41) is 0. The van der Waals surface area contributed by atoms with Crippen molar-refractivity contribution in [3.8, 4) is 0 Å². The highest BCUT2D eigenvalue weighted by Gasteiger charge is 2.27. The SMILES string of the molecule is Cc1ccc([C@H](C)[NH+]2CCN(C(=O)CCl)CC2)cc1C. The number of carbonyl (C=O) groups is 1. The minimum atomic E-state index is 0.0598. The van der Waals surface area contributed by atoms with E-state index < -0.39 is 0 Å². The van der Waals surface area contributed by atoms with Crippen molar-refractivity contribution < 1.29 is 9.69 Å². The number of benzene rings is 1. The van der Waals surface area contributed by atoms with E-state index in [1.807, 2.05) is 4.90 Å². The van der Waals surface area contributed by atoms with Crippen LogP contribution in [-0.2, 0) is 4.79 Å². The highest BCUT2D eigenvalue weighted by atomic mass is 35.5. The molecule has 0 unspecified atom stereocenters. The molecule has 1 aliphatic heterocycles. The van der Waals surface area contributed by atoms with Crippen LogP contribution in [0.5, 0.6) is 0 Å². The topological polar surface area (TPSA) is 24.8 Å². The van der Waals surface area contributed by atoms with E-state index in [0.717, 1.165) is 26.2 Å². The van der Waals surface area contributed by atoms with E-state index in [-0.39, 0.29) is 11.8 Å². The molecule has 0 bridgehead atoms. The van der Waals surface area contributed by atoms with Crippen molar-refractivity contribution >= 4 is 17.5 Å². The van der Waals surface area contributed by atoms with Gasteiger partial charge in [-0.2, -0.15) is 0 Å². The Morgan fingerprint density at radius 2 is 1.95 bits per heavy atom. The van der Waals surface area contributed by atoms with Crippen LogP contribution in [-0.4, -0.2) is 42.9 Å². The van der Waals surface area contributed by atoms with Crippen LogP contribution in [0.3, 0.4) is 0 Å². The van der Waals surface area contributed by atoms with E-state index in [1.54, 1.807) is 4.90 Å². The molecule has 0 spiro atoms. The molecule has 1 fully saturated rings. The van der Waals surface area contributed by atoms with Gasteiger partial charge in [0.1, 0.15) is 11.9 Å². The number of aryl methyl sites for hydroxylation is 2. The Hall–Kier alpha value is -1.06. The van der Waals surface area contributed by atoms with Crippen LogP contribution in [0.1, 0.15) is 29.7 Å². The zero-order chi connectivity index (χ0) is 14.7. The first kappa shape index (κ1) is 15.3. The predicted molar refractivity (Wildman–Crippen MR) is 82.3 cm³/mol. The Morgan fingerprint density at radius 3 is 2.50 bits per heavy atom. The van der Waals surface area contributed by atoms with Crippen molar-refractivity contribution in [1.29, 1.82) is 0 Å². The normalized spacial score (nSPS) is 18.1. The molecule has 1 amide bonds. The smallest absolute Gasteiger partial charge is 0.237 e. The average Bonchev–Trinajstić information content (AvgIpc) is 2.48. The number of amides is 1. The average molecular weight is 296 g/mol. The van der Waals surface area contributed by atoms with Crippen LogP contribution in [0.15, 0.2) is 18.2 Å². The van der Waals surface area contributed by atoms with E-state index in [0.29, 0.717) is 6.04 Å². The number of nitrogens with zero attached hydrogens (tertiary/aromatic N) is 1. The van der Waals surface area contributed by atoms with Gasteiger partial charge in [0.15, 0.2) is 0 Å². The summed E-state index contributed by atoms with van der Waals surface area (Å²) in [6.45, 7) is 10.2. The molecule has 0 aliphatic carbocycles. The summed E-state index contributed by atoms with van der Waals surface area (Å²) in [6, 6.07) is 7.20. The standard InChI is InChI=1S/C16H23ClN2O/c1-12-4-5-15(10-13(12)2)14(3)18-6-8-19(9-7-18)16(20)11-17/h4-5,10,14H,6-9,11H2,1-3H3/p+1/t14-/m0/s1. The van der Waals surface area contributed by atoms with E-state index in [4.69, 9.17) is 11.6 Å². The highest BCUT2D eigenvalue weighted by molar-refractivity contribution is 6.27. The fourth-order valence-electron chi connectivity index (χ4n) is 2.83. The maximum Gasteiger partial charge on any atom is 0.237 e. The first-order valence-electron chi connectivity index (χ1n) is 7.28. The number of nitrogens with one attached hydrogen (secondary N) is 1. The molecule has 1 N–H and O–H groups in total. The zero-order valence-corrected chi connectivity index (χ0v) is 13.3. The number of carbonyl (C=O) groups excluding carboxylic acids is 1. The quantitative estimate of drug-likeness (QED) is 0.836. The molecule has 3 nitrogen and oxygen atoms in total. The van der Waals surface area contributed by atoms with Gasteiger partial charge in [0.05, 0.1) is 26.2 Å². The Labute approximate surface area is 126 Å². The lowest BCUT2D eigenvalue weighted by Crippen LogP contribution is -3.14. The van der Waals surface area contributed by atoms with E-state index >= 15 is 0 Å². The number of hydrogen-bond acceptors (Lipinski definition) is 1. The Morgan fingerprint density at radius 1 is 1.30 bits per heavy atom. The Bertz CT molecular complexity index is 481. The largest absolute Gasteiger partial charge is 0.330 e. The second kappa shape index (κ2) is 6.59. The summed E-state index contributed by atoms with van der Waals surface area (Å²) in [5.41, 5.74) is 4.08. The van der Waals surface area contributed by atoms with Gasteiger partial charge in [-0.25, -0.2) is 0 Å². The van der Waals surface area contributed by atoms with Crippen molar-refractivity contribution in [3.63, 3.8) is 0 Å². The first-order valence-corrected chi connectivity index (χ1v) is 7.82. The predicted octanol–water partition coefficient (Wildman–Crippen LogP) is 1.33. The molecule has 110 valence electrons. The van der Waals surface area contributed by atoms with Gasteiger partial charge in [0, 0.05) is 5.56 Å². The molecule has 1 saturated heterocycles. The number of hydrogen-bond donors (Lipinski definition) is 1. The Kier molecular flexibility index (Phi) is 5.06. The molecule has 0 radical (unpaired) electrons. The molecule has 1 aromatic rings. The van der Waals surface area contributed by atoms with Crippen LogP contribution in [0.4, 0.5) is 0 Å². The fraction of sp³-hybridized carbons (Fsp3) is 0.562. The lowest BCUT2D eigenvalue weighted by Gasteiger charge is -2.35. The molecule has 1 heterocycles. The molecular formula is C16H24ClN2O+. The van der Waals surface area contributed by atoms with Gasteiger partial charge in [0.2, 0.25) is 5.91 Å². The lowest BCUT2D eigenvalue weighted by molar-refractivity contribution is -0.933. The summed E-state index contributed by atoms with van der Waals surface area (Å²) < 4.78 is 0. The summed E-state index contributed by atoms with van der Waals surface area (Å²) in [5.74, 6) is 0.159. The molecular weight excluding hydrogens is 272 g/mol. The molecule has 4 heteroatoms. The summed E-state index contributed by atoms with van der Waals surface area (Å²) in [4.78, 5) is 15.0. The maximum absolute atomic E-state index is 11.6. The third kappa shape index (κ3) is 3.33. The second-order valence-corrected chi connectivity index (χ2v) is 6.01. The maximum atomic E-state index is 11.6. The summed E-state index contributed by atoms with van der Waals surface area (Å²) in [7, 11) is 0. The molecule has 20 heavy (non-hydrogen) atoms. The van der Waals surface area contributed by atoms with Crippen LogP contribution >= 0.6 is 11.6 Å². The van der Waals surface area contributed by atoms with Gasteiger partial charge >= 0.3 is 0 Å². The third-order valence-electron chi connectivity index (χ3n) is 4.52. The Balaban J connectivity index is 1.99. The van der Waals surface area contributed by atoms with Gasteiger partial charge in [-0.05, 0) is 38.0 Å². The third-order valence-corrected chi connectivity index (χ3v) is 4.74. The van der Waals surface area contributed by atoms with Gasteiger partial charge < -0.3 is 9.80 Å². The molecule has 1 atom stereocenters. The van der Waals surface area contributed by atoms with E-state index in [9.17, 15) is 4.79 Å². The molecule has 0 aromatic heterocycles. The molecule has 1 aliphatic rings. The number of piperazine rings is 1.